The Balaban J connectivity index is 1.38. The van der Waals surface area contributed by atoms with Crippen LogP contribution >= 0.6 is 0 Å². The highest BCUT2D eigenvalue weighted by Gasteiger charge is 2.21. The van der Waals surface area contributed by atoms with Crippen molar-refractivity contribution >= 4 is 12.2 Å². The monoisotopic (exact) mass is 431 g/mol. The number of hydrazone groups is 1. The molecule has 2 aromatic carbocycles. The number of ether oxygens (including phenoxy) is 1. The topological polar surface area (TPSA) is 82.6 Å². The molecule has 0 aliphatic carbocycles. The zero-order valence-electron chi connectivity index (χ0n) is 18.8. The summed E-state index contributed by atoms with van der Waals surface area (Å²) in [7, 11) is 0. The van der Waals surface area contributed by atoms with E-state index in [1.54, 1.807) is 6.21 Å². The molecule has 0 spiro atoms. The van der Waals surface area contributed by atoms with E-state index in [0.717, 1.165) is 42.1 Å². The molecule has 2 heterocycles. The van der Waals surface area contributed by atoms with Crippen LogP contribution in [0.2, 0.25) is 0 Å². The molecular formula is C25H29N5O2. The fourth-order valence-corrected chi connectivity index (χ4v) is 3.65. The van der Waals surface area contributed by atoms with E-state index in [4.69, 9.17) is 4.74 Å². The number of nitrogens with one attached hydrogen (secondary N) is 2. The summed E-state index contributed by atoms with van der Waals surface area (Å²) in [6, 6.07) is 18.0. The summed E-state index contributed by atoms with van der Waals surface area (Å²) in [5.74, 6) is 1.17. The van der Waals surface area contributed by atoms with Gasteiger partial charge < -0.3 is 4.74 Å². The van der Waals surface area contributed by atoms with Crippen molar-refractivity contribution in [2.24, 2.45) is 5.10 Å². The average molecular weight is 432 g/mol. The number of nitrogens with zero attached hydrogens (tertiary/aromatic N) is 3. The lowest BCUT2D eigenvalue weighted by Gasteiger charge is -2.27. The van der Waals surface area contributed by atoms with Gasteiger partial charge in [-0.25, -0.2) is 10.4 Å². The summed E-state index contributed by atoms with van der Waals surface area (Å²) >= 11 is 0. The van der Waals surface area contributed by atoms with E-state index in [1.165, 1.54) is 5.56 Å². The molecule has 0 amide bonds. The van der Waals surface area contributed by atoms with Crippen molar-refractivity contribution in [2.45, 2.75) is 45.9 Å². The largest absolute Gasteiger partial charge is 0.488 e. The quantitative estimate of drug-likeness (QED) is 0.456. The highest BCUT2D eigenvalue weighted by molar-refractivity contribution is 5.80. The molecule has 166 valence electrons. The van der Waals surface area contributed by atoms with Crippen molar-refractivity contribution < 1.29 is 4.74 Å². The third-order valence-corrected chi connectivity index (χ3v) is 5.08. The van der Waals surface area contributed by atoms with Crippen LogP contribution in [-0.2, 0) is 19.5 Å². The number of aromatic amines is 1. The Labute approximate surface area is 188 Å². The number of hydrogen-bond donors (Lipinski definition) is 2. The van der Waals surface area contributed by atoms with E-state index in [2.05, 4.69) is 37.5 Å². The summed E-state index contributed by atoms with van der Waals surface area (Å²) in [5, 5.41) is 4.22. The maximum atomic E-state index is 12.6. The summed E-state index contributed by atoms with van der Waals surface area (Å²) < 4.78 is 5.82. The van der Waals surface area contributed by atoms with E-state index >= 15 is 0 Å². The van der Waals surface area contributed by atoms with Crippen molar-refractivity contribution in [1.29, 1.82) is 0 Å². The Morgan fingerprint density at radius 1 is 1.16 bits per heavy atom. The van der Waals surface area contributed by atoms with E-state index in [1.807, 2.05) is 63.2 Å². The molecule has 7 heteroatoms. The fraction of sp³-hybridized carbons (Fsp3) is 0.320. The van der Waals surface area contributed by atoms with Gasteiger partial charge in [-0.2, -0.15) is 5.10 Å². The number of H-pyrrole nitrogens is 1. The molecule has 4 rings (SSSR count). The van der Waals surface area contributed by atoms with Crippen LogP contribution in [0.25, 0.3) is 0 Å². The second-order valence-electron chi connectivity index (χ2n) is 8.94. The number of hydrogen-bond acceptors (Lipinski definition) is 6. The normalized spacial score (nSPS) is 14.3. The molecule has 0 atom stereocenters. The Morgan fingerprint density at radius 2 is 1.91 bits per heavy atom. The SMILES string of the molecule is CC(C)(C)Oc1ccc(/C=N\Nc2nc3c(c(=O)[nH]2)CN(Cc2ccccc2)CC3)cc1. The summed E-state index contributed by atoms with van der Waals surface area (Å²) in [4.78, 5) is 22.3. The van der Waals surface area contributed by atoms with Gasteiger partial charge in [0.2, 0.25) is 5.95 Å². The first-order valence-electron chi connectivity index (χ1n) is 10.8. The van der Waals surface area contributed by atoms with Crippen LogP contribution in [0, 0.1) is 0 Å². The van der Waals surface area contributed by atoms with E-state index in [9.17, 15) is 4.79 Å². The van der Waals surface area contributed by atoms with Gasteiger partial charge in [0.15, 0.2) is 0 Å². The molecule has 1 aromatic heterocycles. The zero-order valence-corrected chi connectivity index (χ0v) is 18.8. The lowest BCUT2D eigenvalue weighted by molar-refractivity contribution is 0.131. The predicted octanol–water partition coefficient (Wildman–Crippen LogP) is 3.95. The van der Waals surface area contributed by atoms with Gasteiger partial charge in [0.1, 0.15) is 11.4 Å². The van der Waals surface area contributed by atoms with Crippen molar-refractivity contribution in [2.75, 3.05) is 12.0 Å². The predicted molar refractivity (Wildman–Crippen MR) is 127 cm³/mol. The first-order valence-corrected chi connectivity index (χ1v) is 10.8. The third kappa shape index (κ3) is 5.82. The Kier molecular flexibility index (Phi) is 6.37. The van der Waals surface area contributed by atoms with Gasteiger partial charge in [0, 0.05) is 26.1 Å². The maximum absolute atomic E-state index is 12.6. The standard InChI is InChI=1S/C25H29N5O2/c1-25(2,3)32-20-11-9-18(10-12-20)15-26-29-24-27-22-13-14-30(17-21(22)23(31)28-24)16-19-7-5-4-6-8-19/h4-12,15H,13-14,16-17H2,1-3H3,(H2,27,28,29,31)/b26-15-. The lowest BCUT2D eigenvalue weighted by Crippen LogP contribution is -2.35. The minimum Gasteiger partial charge on any atom is -0.488 e. The molecular weight excluding hydrogens is 402 g/mol. The highest BCUT2D eigenvalue weighted by Crippen LogP contribution is 2.19. The molecule has 3 aromatic rings. The maximum Gasteiger partial charge on any atom is 0.257 e. The zero-order chi connectivity index (χ0) is 22.6. The van der Waals surface area contributed by atoms with Gasteiger partial charge >= 0.3 is 0 Å². The first-order chi connectivity index (χ1) is 15.4. The Bertz CT molecular complexity index is 1130. The Hall–Kier alpha value is -3.45. The third-order valence-electron chi connectivity index (χ3n) is 5.08. The molecule has 0 unspecified atom stereocenters. The van der Waals surface area contributed by atoms with Gasteiger partial charge in [-0.15, -0.1) is 0 Å². The minimum atomic E-state index is -0.236. The van der Waals surface area contributed by atoms with Crippen molar-refractivity contribution in [3.8, 4) is 5.75 Å². The highest BCUT2D eigenvalue weighted by atomic mass is 16.5. The second-order valence-corrected chi connectivity index (χ2v) is 8.94. The van der Waals surface area contributed by atoms with E-state index in [-0.39, 0.29) is 11.2 Å². The van der Waals surface area contributed by atoms with Crippen LogP contribution in [0.1, 0.15) is 43.2 Å². The molecule has 1 aliphatic heterocycles. The van der Waals surface area contributed by atoms with Crippen LogP contribution in [0.4, 0.5) is 5.95 Å². The van der Waals surface area contributed by atoms with Gasteiger partial charge in [-0.1, -0.05) is 30.3 Å². The smallest absolute Gasteiger partial charge is 0.257 e. The number of aromatic nitrogens is 2. The van der Waals surface area contributed by atoms with Gasteiger partial charge in [0.05, 0.1) is 17.5 Å². The summed E-state index contributed by atoms with van der Waals surface area (Å²) in [6.07, 6.45) is 2.42. The van der Waals surface area contributed by atoms with Crippen molar-refractivity contribution in [3.63, 3.8) is 0 Å². The minimum absolute atomic E-state index is 0.117. The molecule has 0 radical (unpaired) electrons. The van der Waals surface area contributed by atoms with E-state index in [0.29, 0.717) is 12.5 Å². The molecule has 0 fully saturated rings. The van der Waals surface area contributed by atoms with Gasteiger partial charge in [-0.3, -0.25) is 14.7 Å². The second kappa shape index (κ2) is 9.36. The molecule has 7 nitrogen and oxygen atoms in total. The molecule has 2 N–H and O–H groups in total. The van der Waals surface area contributed by atoms with Crippen LogP contribution in [0.5, 0.6) is 5.75 Å². The number of rotatable bonds is 6. The average Bonchev–Trinajstić information content (AvgIpc) is 2.75. The number of fused-ring (bicyclic) bond motifs is 1. The molecule has 1 aliphatic rings. The van der Waals surface area contributed by atoms with E-state index < -0.39 is 0 Å². The van der Waals surface area contributed by atoms with Gasteiger partial charge in [0.25, 0.3) is 5.56 Å². The van der Waals surface area contributed by atoms with Crippen LogP contribution < -0.4 is 15.7 Å². The van der Waals surface area contributed by atoms with Crippen LogP contribution in [0.3, 0.4) is 0 Å². The molecule has 0 saturated carbocycles. The molecule has 0 bridgehead atoms. The van der Waals surface area contributed by atoms with Crippen molar-refractivity contribution in [3.05, 3.63) is 87.3 Å². The van der Waals surface area contributed by atoms with Crippen LogP contribution in [0.15, 0.2) is 64.5 Å². The lowest BCUT2D eigenvalue weighted by atomic mass is 10.1. The number of benzene rings is 2. The van der Waals surface area contributed by atoms with Crippen LogP contribution in [-0.4, -0.2) is 33.2 Å². The number of anilines is 1. The Morgan fingerprint density at radius 3 is 2.62 bits per heavy atom. The van der Waals surface area contributed by atoms with Crippen molar-refractivity contribution in [1.82, 2.24) is 14.9 Å². The van der Waals surface area contributed by atoms with Gasteiger partial charge in [-0.05, 0) is 56.2 Å². The summed E-state index contributed by atoms with van der Waals surface area (Å²) in [6.45, 7) is 8.32. The first kappa shape index (κ1) is 21.8. The molecule has 0 saturated heterocycles. The molecule has 32 heavy (non-hydrogen) atoms. The fourth-order valence-electron chi connectivity index (χ4n) is 3.65. The summed E-state index contributed by atoms with van der Waals surface area (Å²) in [5.41, 5.74) is 6.21.